The minimum Gasteiger partial charge on any atom is -0.504 e. The van der Waals surface area contributed by atoms with Gasteiger partial charge in [-0.2, -0.15) is 0 Å². The van der Waals surface area contributed by atoms with E-state index in [4.69, 9.17) is 9.47 Å². The smallest absolute Gasteiger partial charge is 0.160 e. The van der Waals surface area contributed by atoms with E-state index in [-0.39, 0.29) is 5.75 Å². The highest BCUT2D eigenvalue weighted by Crippen LogP contribution is 2.31. The van der Waals surface area contributed by atoms with Crippen LogP contribution in [-0.2, 0) is 4.74 Å². The Kier molecular flexibility index (Phi) is 3.19. The topological polar surface area (TPSA) is 50.7 Å². The van der Waals surface area contributed by atoms with Gasteiger partial charge in [0.15, 0.2) is 11.5 Å². The predicted octanol–water partition coefficient (Wildman–Crippen LogP) is 1.99. The van der Waals surface area contributed by atoms with E-state index in [1.54, 1.807) is 19.2 Å². The first-order valence-corrected chi connectivity index (χ1v) is 5.39. The van der Waals surface area contributed by atoms with Crippen molar-refractivity contribution in [1.82, 2.24) is 0 Å². The van der Waals surface area contributed by atoms with Gasteiger partial charge in [-0.3, -0.25) is 0 Å². The molecule has 4 nitrogen and oxygen atoms in total. The minimum absolute atomic E-state index is 0.162. The minimum atomic E-state index is 0.162. The third kappa shape index (κ3) is 2.22. The number of benzene rings is 1. The second-order valence-electron chi connectivity index (χ2n) is 4.06. The summed E-state index contributed by atoms with van der Waals surface area (Å²) in [7, 11) is 3.28. The molecule has 1 fully saturated rings. The summed E-state index contributed by atoms with van der Waals surface area (Å²) >= 11 is 0. The Hall–Kier alpha value is -1.42. The van der Waals surface area contributed by atoms with Gasteiger partial charge in [0.2, 0.25) is 0 Å². The molecule has 1 aromatic rings. The van der Waals surface area contributed by atoms with Gasteiger partial charge in [-0.15, -0.1) is 0 Å². The van der Waals surface area contributed by atoms with E-state index in [9.17, 15) is 5.11 Å². The van der Waals surface area contributed by atoms with Crippen molar-refractivity contribution in [3.05, 3.63) is 18.2 Å². The van der Waals surface area contributed by atoms with Crippen LogP contribution in [0.3, 0.4) is 0 Å². The van der Waals surface area contributed by atoms with Crippen molar-refractivity contribution in [3.63, 3.8) is 0 Å². The number of ether oxygens (including phenoxy) is 2. The lowest BCUT2D eigenvalue weighted by atomic mass is 9.89. The van der Waals surface area contributed by atoms with Crippen LogP contribution < -0.4 is 10.1 Å². The molecule has 88 valence electrons. The predicted molar refractivity (Wildman–Crippen MR) is 62.1 cm³/mol. The number of hydrogen-bond acceptors (Lipinski definition) is 4. The lowest BCUT2D eigenvalue weighted by Gasteiger charge is -2.35. The van der Waals surface area contributed by atoms with Crippen LogP contribution in [0.25, 0.3) is 0 Å². The van der Waals surface area contributed by atoms with Crippen molar-refractivity contribution in [2.45, 2.75) is 25.0 Å². The van der Waals surface area contributed by atoms with Gasteiger partial charge >= 0.3 is 0 Å². The van der Waals surface area contributed by atoms with E-state index in [1.165, 1.54) is 7.11 Å². The molecular formula is C12H17NO3. The first-order chi connectivity index (χ1) is 7.72. The molecule has 16 heavy (non-hydrogen) atoms. The zero-order valence-electron chi connectivity index (χ0n) is 9.56. The average molecular weight is 223 g/mol. The third-order valence-corrected chi connectivity index (χ3v) is 2.98. The molecule has 2 rings (SSSR count). The Morgan fingerprint density at radius 1 is 1.31 bits per heavy atom. The lowest BCUT2D eigenvalue weighted by Crippen LogP contribution is -2.40. The Bertz CT molecular complexity index is 361. The van der Waals surface area contributed by atoms with E-state index in [0.717, 1.165) is 18.5 Å². The van der Waals surface area contributed by atoms with E-state index < -0.39 is 0 Å². The molecule has 1 aromatic carbocycles. The molecule has 0 radical (unpaired) electrons. The van der Waals surface area contributed by atoms with Gasteiger partial charge in [-0.05, 0) is 25.0 Å². The van der Waals surface area contributed by atoms with Gasteiger partial charge < -0.3 is 19.9 Å². The summed E-state index contributed by atoms with van der Waals surface area (Å²) in [5.41, 5.74) is 0.915. The van der Waals surface area contributed by atoms with Gasteiger partial charge in [0.1, 0.15) is 0 Å². The Morgan fingerprint density at radius 3 is 2.62 bits per heavy atom. The molecule has 0 spiro atoms. The quantitative estimate of drug-likeness (QED) is 0.819. The molecule has 0 saturated heterocycles. The summed E-state index contributed by atoms with van der Waals surface area (Å²) in [5, 5.41) is 12.9. The van der Waals surface area contributed by atoms with Crippen LogP contribution >= 0.6 is 0 Å². The summed E-state index contributed by atoms with van der Waals surface area (Å²) < 4.78 is 10.2. The van der Waals surface area contributed by atoms with Gasteiger partial charge in [0, 0.05) is 24.9 Å². The molecule has 0 amide bonds. The van der Waals surface area contributed by atoms with Crippen LogP contribution in [0.4, 0.5) is 5.69 Å². The van der Waals surface area contributed by atoms with Crippen LogP contribution in [0.15, 0.2) is 18.2 Å². The van der Waals surface area contributed by atoms with Crippen molar-refractivity contribution in [3.8, 4) is 11.5 Å². The summed E-state index contributed by atoms with van der Waals surface area (Å²) in [6, 6.07) is 5.78. The number of aromatic hydroxyl groups is 1. The fourth-order valence-electron chi connectivity index (χ4n) is 1.89. The van der Waals surface area contributed by atoms with E-state index in [0.29, 0.717) is 17.9 Å². The zero-order valence-corrected chi connectivity index (χ0v) is 9.56. The maximum absolute atomic E-state index is 9.60. The number of phenolic OH excluding ortho intramolecular Hbond substituents is 1. The molecule has 0 unspecified atom stereocenters. The maximum Gasteiger partial charge on any atom is 0.160 e. The van der Waals surface area contributed by atoms with Gasteiger partial charge in [0.25, 0.3) is 0 Å². The molecule has 0 bridgehead atoms. The van der Waals surface area contributed by atoms with Crippen molar-refractivity contribution in [2.24, 2.45) is 0 Å². The van der Waals surface area contributed by atoms with Gasteiger partial charge in [-0.25, -0.2) is 0 Å². The number of rotatable bonds is 4. The number of phenols is 1. The van der Waals surface area contributed by atoms with Gasteiger partial charge in [-0.1, -0.05) is 0 Å². The normalized spacial score (nSPS) is 23.6. The van der Waals surface area contributed by atoms with Crippen molar-refractivity contribution >= 4 is 5.69 Å². The van der Waals surface area contributed by atoms with Crippen LogP contribution in [0.1, 0.15) is 12.8 Å². The van der Waals surface area contributed by atoms with Crippen molar-refractivity contribution in [2.75, 3.05) is 19.5 Å². The fraction of sp³-hybridized carbons (Fsp3) is 0.500. The highest BCUT2D eigenvalue weighted by Gasteiger charge is 2.28. The first-order valence-electron chi connectivity index (χ1n) is 5.39. The largest absolute Gasteiger partial charge is 0.504 e. The Balaban J connectivity index is 1.93. The number of nitrogens with one attached hydrogen (secondary N) is 1. The van der Waals surface area contributed by atoms with Gasteiger partial charge in [0.05, 0.1) is 13.2 Å². The summed E-state index contributed by atoms with van der Waals surface area (Å²) in [5.74, 6) is 0.657. The van der Waals surface area contributed by atoms with Crippen molar-refractivity contribution < 1.29 is 14.6 Å². The number of methoxy groups -OCH3 is 2. The Morgan fingerprint density at radius 2 is 2.06 bits per heavy atom. The Labute approximate surface area is 95.2 Å². The standard InChI is InChI=1S/C12H17NO3/c1-15-10-5-9(6-10)13-8-3-4-12(16-2)11(14)7-8/h3-4,7,9-10,13-14H,5-6H2,1-2H3. The van der Waals surface area contributed by atoms with Crippen LogP contribution in [0.5, 0.6) is 11.5 Å². The molecule has 4 heteroatoms. The molecule has 1 aliphatic rings. The molecule has 0 aromatic heterocycles. The van der Waals surface area contributed by atoms with Crippen LogP contribution in [0.2, 0.25) is 0 Å². The van der Waals surface area contributed by atoms with Crippen molar-refractivity contribution in [1.29, 1.82) is 0 Å². The molecule has 2 N–H and O–H groups in total. The van der Waals surface area contributed by atoms with E-state index in [1.807, 2.05) is 6.07 Å². The highest BCUT2D eigenvalue weighted by atomic mass is 16.5. The van der Waals surface area contributed by atoms with E-state index >= 15 is 0 Å². The SMILES string of the molecule is COc1ccc(NC2CC(OC)C2)cc1O. The molecule has 0 heterocycles. The summed E-state index contributed by atoms with van der Waals surface area (Å²) in [4.78, 5) is 0. The second kappa shape index (κ2) is 4.61. The van der Waals surface area contributed by atoms with Crippen LogP contribution in [0, 0.1) is 0 Å². The summed E-state index contributed by atoms with van der Waals surface area (Å²) in [6.45, 7) is 0. The zero-order chi connectivity index (χ0) is 11.5. The number of hydrogen-bond donors (Lipinski definition) is 2. The van der Waals surface area contributed by atoms with E-state index in [2.05, 4.69) is 5.32 Å². The maximum atomic E-state index is 9.60. The average Bonchev–Trinajstić information content (AvgIpc) is 2.23. The monoisotopic (exact) mass is 223 g/mol. The van der Waals surface area contributed by atoms with Crippen LogP contribution in [-0.4, -0.2) is 31.5 Å². The second-order valence-corrected chi connectivity index (χ2v) is 4.06. The highest BCUT2D eigenvalue weighted by molar-refractivity contribution is 5.54. The fourth-order valence-corrected chi connectivity index (χ4v) is 1.89. The first kappa shape index (κ1) is 11.1. The third-order valence-electron chi connectivity index (χ3n) is 2.98. The molecule has 1 saturated carbocycles. The molecule has 0 atom stereocenters. The summed E-state index contributed by atoms with van der Waals surface area (Å²) in [6.07, 6.45) is 2.41. The molecular weight excluding hydrogens is 206 g/mol. The molecule has 1 aliphatic carbocycles. The number of anilines is 1. The molecule has 0 aliphatic heterocycles. The lowest BCUT2D eigenvalue weighted by molar-refractivity contribution is 0.0329.